The third-order valence-electron chi connectivity index (χ3n) is 1.33. The second-order valence-electron chi connectivity index (χ2n) is 2.02. The average molecular weight is 148 g/mol. The number of nitrogens with one attached hydrogen (secondary N) is 1. The Hall–Kier alpha value is -1.55. The van der Waals surface area contributed by atoms with E-state index in [0.29, 0.717) is 0 Å². The number of rotatable bonds is 1. The van der Waals surface area contributed by atoms with Gasteiger partial charge >= 0.3 is 0 Å². The van der Waals surface area contributed by atoms with Crippen molar-refractivity contribution in [1.29, 1.82) is 0 Å². The standard InChI is InChI=1S/C7H6N3O/c1-3-8-4-2-7(1)10-5-6-11-9-10/h1-5,9H. The lowest BCUT2D eigenvalue weighted by Gasteiger charge is -2.12. The Balaban J connectivity index is 2.23. The highest BCUT2D eigenvalue weighted by Crippen LogP contribution is 2.11. The molecule has 0 aromatic carbocycles. The molecule has 0 saturated heterocycles. The van der Waals surface area contributed by atoms with E-state index in [-0.39, 0.29) is 0 Å². The number of nitrogens with zero attached hydrogens (tertiary/aromatic N) is 2. The maximum absolute atomic E-state index is 4.66. The van der Waals surface area contributed by atoms with E-state index in [1.807, 2.05) is 12.1 Å². The molecule has 11 heavy (non-hydrogen) atoms. The van der Waals surface area contributed by atoms with Crippen LogP contribution in [-0.4, -0.2) is 4.98 Å². The molecule has 0 saturated carbocycles. The van der Waals surface area contributed by atoms with Crippen LogP contribution < -0.4 is 10.6 Å². The number of pyridine rings is 1. The van der Waals surface area contributed by atoms with Gasteiger partial charge in [-0.2, -0.15) is 0 Å². The summed E-state index contributed by atoms with van der Waals surface area (Å²) in [5.74, 6) is 0. The second-order valence-corrected chi connectivity index (χ2v) is 2.02. The lowest BCUT2D eigenvalue weighted by atomic mass is 10.4. The van der Waals surface area contributed by atoms with Crippen molar-refractivity contribution in [1.82, 2.24) is 10.6 Å². The summed E-state index contributed by atoms with van der Waals surface area (Å²) >= 11 is 0. The molecule has 0 amide bonds. The van der Waals surface area contributed by atoms with Crippen molar-refractivity contribution in [2.75, 3.05) is 5.01 Å². The molecule has 2 heterocycles. The topological polar surface area (TPSA) is 37.4 Å². The van der Waals surface area contributed by atoms with E-state index >= 15 is 0 Å². The molecule has 1 radical (unpaired) electrons. The number of hydrogen-bond donors (Lipinski definition) is 1. The number of hydrogen-bond acceptors (Lipinski definition) is 4. The van der Waals surface area contributed by atoms with Gasteiger partial charge in [-0.1, -0.05) is 5.59 Å². The minimum atomic E-state index is 0.963. The van der Waals surface area contributed by atoms with Gasteiger partial charge in [0.1, 0.15) is 0 Å². The normalized spacial score (nSPS) is 15.1. The summed E-state index contributed by atoms with van der Waals surface area (Å²) in [6.45, 7) is 0. The molecular formula is C7H6N3O. The molecule has 0 fully saturated rings. The van der Waals surface area contributed by atoms with Gasteiger partial charge in [-0.05, 0) is 12.1 Å². The summed E-state index contributed by atoms with van der Waals surface area (Å²) in [7, 11) is 0. The van der Waals surface area contributed by atoms with Gasteiger partial charge in [-0.15, -0.1) is 0 Å². The molecule has 1 aromatic heterocycles. The zero-order valence-corrected chi connectivity index (χ0v) is 5.69. The fraction of sp³-hybridized carbons (Fsp3) is 0. The molecule has 0 bridgehead atoms. The van der Waals surface area contributed by atoms with Crippen LogP contribution in [0.3, 0.4) is 0 Å². The van der Waals surface area contributed by atoms with Gasteiger partial charge in [0, 0.05) is 12.4 Å². The molecule has 55 valence electrons. The Morgan fingerprint density at radius 3 is 2.91 bits per heavy atom. The van der Waals surface area contributed by atoms with E-state index < -0.39 is 0 Å². The van der Waals surface area contributed by atoms with Gasteiger partial charge in [0.05, 0.1) is 11.9 Å². The Bertz CT molecular complexity index is 260. The number of anilines is 1. The van der Waals surface area contributed by atoms with Crippen molar-refractivity contribution >= 4 is 5.69 Å². The Kier molecular flexibility index (Phi) is 1.46. The highest BCUT2D eigenvalue weighted by atomic mass is 16.7. The molecular weight excluding hydrogens is 142 g/mol. The third-order valence-corrected chi connectivity index (χ3v) is 1.33. The molecule has 1 aliphatic rings. The Morgan fingerprint density at radius 2 is 2.27 bits per heavy atom. The van der Waals surface area contributed by atoms with E-state index in [4.69, 9.17) is 0 Å². The predicted molar refractivity (Wildman–Crippen MR) is 38.7 cm³/mol. The first-order valence-electron chi connectivity index (χ1n) is 3.16. The van der Waals surface area contributed by atoms with Crippen molar-refractivity contribution < 1.29 is 4.84 Å². The maximum Gasteiger partial charge on any atom is 0.213 e. The highest BCUT2D eigenvalue weighted by molar-refractivity contribution is 5.45. The fourth-order valence-electron chi connectivity index (χ4n) is 0.813. The molecule has 0 spiro atoms. The average Bonchev–Trinajstić information content (AvgIpc) is 2.58. The maximum atomic E-state index is 4.66. The number of hydrazine groups is 1. The quantitative estimate of drug-likeness (QED) is 0.633. The predicted octanol–water partition coefficient (Wildman–Crippen LogP) is 0.612. The smallest absolute Gasteiger partial charge is 0.213 e. The Labute approximate surface area is 64.0 Å². The van der Waals surface area contributed by atoms with Gasteiger partial charge in [0.25, 0.3) is 0 Å². The molecule has 1 aromatic rings. The van der Waals surface area contributed by atoms with E-state index in [0.717, 1.165) is 5.69 Å². The molecule has 0 aliphatic carbocycles. The summed E-state index contributed by atoms with van der Waals surface area (Å²) in [5.41, 5.74) is 3.57. The molecule has 2 rings (SSSR count). The van der Waals surface area contributed by atoms with Crippen molar-refractivity contribution in [3.63, 3.8) is 0 Å². The Morgan fingerprint density at radius 1 is 1.45 bits per heavy atom. The minimum absolute atomic E-state index is 0.963. The SMILES string of the molecule is [C]1=CN(c2ccncc2)NO1. The summed E-state index contributed by atoms with van der Waals surface area (Å²) in [4.78, 5) is 8.55. The first kappa shape index (κ1) is 6.18. The summed E-state index contributed by atoms with van der Waals surface area (Å²) in [5, 5.41) is 1.70. The van der Waals surface area contributed by atoms with Crippen molar-refractivity contribution in [2.24, 2.45) is 0 Å². The van der Waals surface area contributed by atoms with E-state index in [1.165, 1.54) is 0 Å². The van der Waals surface area contributed by atoms with Gasteiger partial charge in [0.15, 0.2) is 0 Å². The van der Waals surface area contributed by atoms with E-state index in [9.17, 15) is 0 Å². The molecule has 4 nitrogen and oxygen atoms in total. The van der Waals surface area contributed by atoms with Gasteiger partial charge in [-0.25, -0.2) is 5.01 Å². The number of aromatic nitrogens is 1. The van der Waals surface area contributed by atoms with Crippen LogP contribution >= 0.6 is 0 Å². The molecule has 0 unspecified atom stereocenters. The summed E-state index contributed by atoms with van der Waals surface area (Å²) < 4.78 is 0. The molecule has 1 N–H and O–H groups in total. The third kappa shape index (κ3) is 1.15. The second kappa shape index (κ2) is 2.59. The summed E-state index contributed by atoms with van der Waals surface area (Å²) in [6.07, 6.45) is 7.63. The van der Waals surface area contributed by atoms with Crippen molar-refractivity contribution in [2.45, 2.75) is 0 Å². The van der Waals surface area contributed by atoms with Crippen molar-refractivity contribution in [3.8, 4) is 0 Å². The molecule has 4 heteroatoms. The molecule has 1 aliphatic heterocycles. The van der Waals surface area contributed by atoms with Gasteiger partial charge in [-0.3, -0.25) is 4.98 Å². The van der Waals surface area contributed by atoms with Crippen molar-refractivity contribution in [3.05, 3.63) is 37.0 Å². The lowest BCUT2D eigenvalue weighted by Crippen LogP contribution is -2.26. The monoisotopic (exact) mass is 148 g/mol. The lowest BCUT2D eigenvalue weighted by molar-refractivity contribution is 0.142. The highest BCUT2D eigenvalue weighted by Gasteiger charge is 2.05. The molecule has 0 atom stereocenters. The van der Waals surface area contributed by atoms with Crippen LogP contribution in [0.15, 0.2) is 30.7 Å². The van der Waals surface area contributed by atoms with Crippen LogP contribution in [0, 0.1) is 6.26 Å². The zero-order chi connectivity index (χ0) is 7.52. The first-order chi connectivity index (χ1) is 5.47. The van der Waals surface area contributed by atoms with Crippen LogP contribution in [0.5, 0.6) is 0 Å². The van der Waals surface area contributed by atoms with Crippen LogP contribution in [0.4, 0.5) is 5.69 Å². The largest absolute Gasteiger partial charge is 0.383 e. The van der Waals surface area contributed by atoms with E-state index in [2.05, 4.69) is 21.7 Å². The first-order valence-corrected chi connectivity index (χ1v) is 3.16. The van der Waals surface area contributed by atoms with Crippen LogP contribution in [0.1, 0.15) is 0 Å². The van der Waals surface area contributed by atoms with Gasteiger partial charge < -0.3 is 4.84 Å². The van der Waals surface area contributed by atoms with Gasteiger partial charge in [0.2, 0.25) is 6.26 Å². The fourth-order valence-corrected chi connectivity index (χ4v) is 0.813. The minimum Gasteiger partial charge on any atom is -0.383 e. The summed E-state index contributed by atoms with van der Waals surface area (Å²) in [6, 6.07) is 3.72. The van der Waals surface area contributed by atoms with Crippen LogP contribution in [0.25, 0.3) is 0 Å². The van der Waals surface area contributed by atoms with Crippen LogP contribution in [0.2, 0.25) is 0 Å². The zero-order valence-electron chi connectivity index (χ0n) is 5.69. The van der Waals surface area contributed by atoms with Crippen LogP contribution in [-0.2, 0) is 4.84 Å². The van der Waals surface area contributed by atoms with E-state index in [1.54, 1.807) is 23.6 Å².